The average Bonchev–Trinajstić information content (AvgIpc) is 2.92. The number of nitrogens with one attached hydrogen (secondary N) is 1. The van der Waals surface area contributed by atoms with Gasteiger partial charge in [0.1, 0.15) is 0 Å². The van der Waals surface area contributed by atoms with Crippen LogP contribution in [-0.2, 0) is 17.8 Å². The average molecular weight is 332 g/mol. The largest absolute Gasteiger partial charge is 0.355 e. The van der Waals surface area contributed by atoms with Crippen molar-refractivity contribution < 1.29 is 9.32 Å². The summed E-state index contributed by atoms with van der Waals surface area (Å²) >= 11 is 0. The highest BCUT2D eigenvalue weighted by Crippen LogP contribution is 2.18. The molecule has 0 saturated carbocycles. The molecule has 1 atom stereocenters. The van der Waals surface area contributed by atoms with Crippen molar-refractivity contribution in [3.05, 3.63) is 11.7 Å². The molecule has 8 heteroatoms. The SMILES string of the molecule is CCCc1noc(CN2CCCC(C(=O)NCCN)C2)n1.Cl. The Morgan fingerprint density at radius 1 is 1.55 bits per heavy atom. The maximum absolute atomic E-state index is 12.0. The van der Waals surface area contributed by atoms with Crippen LogP contribution in [0.15, 0.2) is 4.52 Å². The van der Waals surface area contributed by atoms with Crippen LogP contribution >= 0.6 is 12.4 Å². The zero-order chi connectivity index (χ0) is 15.1. The fourth-order valence-electron chi connectivity index (χ4n) is 2.62. The van der Waals surface area contributed by atoms with Gasteiger partial charge in [-0.2, -0.15) is 4.98 Å². The van der Waals surface area contributed by atoms with Crippen LogP contribution in [0.2, 0.25) is 0 Å². The van der Waals surface area contributed by atoms with Gasteiger partial charge in [0.2, 0.25) is 11.8 Å². The van der Waals surface area contributed by atoms with Gasteiger partial charge >= 0.3 is 0 Å². The van der Waals surface area contributed by atoms with Gasteiger partial charge in [0, 0.05) is 26.1 Å². The number of nitrogens with zero attached hydrogens (tertiary/aromatic N) is 3. The molecule has 7 nitrogen and oxygen atoms in total. The van der Waals surface area contributed by atoms with E-state index in [4.69, 9.17) is 10.3 Å². The Morgan fingerprint density at radius 2 is 2.36 bits per heavy atom. The zero-order valence-corrected chi connectivity index (χ0v) is 13.9. The molecule has 1 aromatic heterocycles. The fraction of sp³-hybridized carbons (Fsp3) is 0.786. The number of nitrogens with two attached hydrogens (primary N) is 1. The molecule has 0 aromatic carbocycles. The summed E-state index contributed by atoms with van der Waals surface area (Å²) in [6.45, 7) is 5.43. The van der Waals surface area contributed by atoms with Crippen molar-refractivity contribution in [3.63, 3.8) is 0 Å². The van der Waals surface area contributed by atoms with Crippen molar-refractivity contribution in [2.24, 2.45) is 11.7 Å². The van der Waals surface area contributed by atoms with Gasteiger partial charge in [-0.15, -0.1) is 12.4 Å². The number of aromatic nitrogens is 2. The molecule has 0 radical (unpaired) electrons. The van der Waals surface area contributed by atoms with Crippen LogP contribution in [0.25, 0.3) is 0 Å². The molecule has 2 rings (SSSR count). The van der Waals surface area contributed by atoms with Crippen LogP contribution in [-0.4, -0.2) is 47.1 Å². The predicted molar refractivity (Wildman–Crippen MR) is 85.6 cm³/mol. The van der Waals surface area contributed by atoms with E-state index in [-0.39, 0.29) is 24.2 Å². The first-order valence-electron chi connectivity index (χ1n) is 7.74. The van der Waals surface area contributed by atoms with E-state index in [9.17, 15) is 4.79 Å². The zero-order valence-electron chi connectivity index (χ0n) is 13.1. The van der Waals surface area contributed by atoms with Crippen LogP contribution in [0.1, 0.15) is 37.9 Å². The first kappa shape index (κ1) is 18.9. The molecule has 1 aromatic rings. The lowest BCUT2D eigenvalue weighted by Gasteiger charge is -2.30. The van der Waals surface area contributed by atoms with Crippen molar-refractivity contribution in [3.8, 4) is 0 Å². The highest BCUT2D eigenvalue weighted by molar-refractivity contribution is 5.85. The summed E-state index contributed by atoms with van der Waals surface area (Å²) < 4.78 is 5.26. The Morgan fingerprint density at radius 3 is 3.09 bits per heavy atom. The molecule has 1 saturated heterocycles. The predicted octanol–water partition coefficient (Wildman–Crippen LogP) is 0.731. The summed E-state index contributed by atoms with van der Waals surface area (Å²) in [7, 11) is 0. The minimum atomic E-state index is 0. The van der Waals surface area contributed by atoms with Gasteiger partial charge in [-0.05, 0) is 25.8 Å². The third kappa shape index (κ3) is 5.55. The Hall–Kier alpha value is -1.18. The van der Waals surface area contributed by atoms with Crippen LogP contribution in [0.4, 0.5) is 0 Å². The third-order valence-electron chi connectivity index (χ3n) is 3.66. The molecule has 0 aliphatic carbocycles. The van der Waals surface area contributed by atoms with Gasteiger partial charge in [-0.25, -0.2) is 0 Å². The van der Waals surface area contributed by atoms with Crippen LogP contribution < -0.4 is 11.1 Å². The van der Waals surface area contributed by atoms with E-state index < -0.39 is 0 Å². The van der Waals surface area contributed by atoms with E-state index in [1.807, 2.05) is 0 Å². The molecule has 1 fully saturated rings. The van der Waals surface area contributed by atoms with E-state index >= 15 is 0 Å². The van der Waals surface area contributed by atoms with Crippen molar-refractivity contribution in [1.29, 1.82) is 0 Å². The summed E-state index contributed by atoms with van der Waals surface area (Å²) in [5, 5.41) is 6.83. The normalized spacial score (nSPS) is 18.7. The minimum Gasteiger partial charge on any atom is -0.355 e. The summed E-state index contributed by atoms with van der Waals surface area (Å²) in [4.78, 5) is 18.6. The number of piperidine rings is 1. The first-order chi connectivity index (χ1) is 10.2. The smallest absolute Gasteiger partial charge is 0.240 e. The van der Waals surface area contributed by atoms with E-state index in [1.54, 1.807) is 0 Å². The van der Waals surface area contributed by atoms with Crippen LogP contribution in [0, 0.1) is 5.92 Å². The molecular formula is C14H26ClN5O2. The number of rotatable bonds is 7. The van der Waals surface area contributed by atoms with Gasteiger partial charge in [-0.3, -0.25) is 9.69 Å². The van der Waals surface area contributed by atoms with Gasteiger partial charge in [0.25, 0.3) is 0 Å². The third-order valence-corrected chi connectivity index (χ3v) is 3.66. The highest BCUT2D eigenvalue weighted by atomic mass is 35.5. The molecule has 126 valence electrons. The molecule has 1 amide bonds. The van der Waals surface area contributed by atoms with E-state index in [0.29, 0.717) is 25.5 Å². The number of hydrogen-bond acceptors (Lipinski definition) is 6. The number of amides is 1. The van der Waals surface area contributed by atoms with E-state index in [2.05, 4.69) is 27.3 Å². The first-order valence-corrected chi connectivity index (χ1v) is 7.74. The number of likely N-dealkylation sites (tertiary alicyclic amines) is 1. The lowest BCUT2D eigenvalue weighted by Crippen LogP contribution is -2.43. The topological polar surface area (TPSA) is 97.3 Å². The Kier molecular flexibility index (Phi) is 8.37. The minimum absolute atomic E-state index is 0. The lowest BCUT2D eigenvalue weighted by atomic mass is 9.97. The Labute approximate surface area is 137 Å². The summed E-state index contributed by atoms with van der Waals surface area (Å²) in [6.07, 6.45) is 3.79. The standard InChI is InChI=1S/C14H25N5O2.ClH/c1-2-4-12-17-13(21-18-12)10-19-8-3-5-11(9-19)14(20)16-7-6-15;/h11H,2-10,15H2,1H3,(H,16,20);1H. The van der Waals surface area contributed by atoms with Gasteiger partial charge in [0.15, 0.2) is 5.82 Å². The number of carbonyl (C=O) groups excluding carboxylic acids is 1. The van der Waals surface area contributed by atoms with Crippen LogP contribution in [0.3, 0.4) is 0 Å². The highest BCUT2D eigenvalue weighted by Gasteiger charge is 2.26. The number of aryl methyl sites for hydroxylation is 1. The Balaban J connectivity index is 0.00000242. The molecule has 0 bridgehead atoms. The molecule has 3 N–H and O–H groups in total. The quantitative estimate of drug-likeness (QED) is 0.764. The molecule has 1 aliphatic heterocycles. The molecule has 2 heterocycles. The van der Waals surface area contributed by atoms with Crippen molar-refractivity contribution >= 4 is 18.3 Å². The number of hydrogen-bond donors (Lipinski definition) is 2. The van der Waals surface area contributed by atoms with E-state index in [0.717, 1.165) is 44.6 Å². The molecule has 1 aliphatic rings. The summed E-state index contributed by atoms with van der Waals surface area (Å²) in [5.74, 6) is 1.54. The maximum atomic E-state index is 12.0. The second-order valence-corrected chi connectivity index (χ2v) is 5.51. The molecule has 22 heavy (non-hydrogen) atoms. The van der Waals surface area contributed by atoms with Crippen molar-refractivity contribution in [2.75, 3.05) is 26.2 Å². The summed E-state index contributed by atoms with van der Waals surface area (Å²) in [5.41, 5.74) is 5.41. The van der Waals surface area contributed by atoms with E-state index in [1.165, 1.54) is 0 Å². The van der Waals surface area contributed by atoms with Crippen molar-refractivity contribution in [2.45, 2.75) is 39.2 Å². The van der Waals surface area contributed by atoms with Gasteiger partial charge < -0.3 is 15.6 Å². The molecule has 0 spiro atoms. The lowest BCUT2D eigenvalue weighted by molar-refractivity contribution is -0.126. The fourth-order valence-corrected chi connectivity index (χ4v) is 2.62. The second kappa shape index (κ2) is 9.76. The van der Waals surface area contributed by atoms with Gasteiger partial charge in [0.05, 0.1) is 12.5 Å². The second-order valence-electron chi connectivity index (χ2n) is 5.51. The maximum Gasteiger partial charge on any atom is 0.240 e. The molecular weight excluding hydrogens is 306 g/mol. The van der Waals surface area contributed by atoms with Crippen molar-refractivity contribution in [1.82, 2.24) is 20.4 Å². The summed E-state index contributed by atoms with van der Waals surface area (Å²) in [6, 6.07) is 0. The number of halogens is 1. The van der Waals surface area contributed by atoms with Gasteiger partial charge in [-0.1, -0.05) is 12.1 Å². The Bertz CT molecular complexity index is 454. The molecule has 1 unspecified atom stereocenters. The number of carbonyl (C=O) groups is 1. The van der Waals surface area contributed by atoms with Crippen LogP contribution in [0.5, 0.6) is 0 Å². The monoisotopic (exact) mass is 331 g/mol.